The van der Waals surface area contributed by atoms with Crippen LogP contribution in [0, 0.1) is 0 Å². The van der Waals surface area contributed by atoms with Crippen molar-refractivity contribution in [2.45, 2.75) is 5.79 Å². The first kappa shape index (κ1) is 11.0. The highest BCUT2D eigenvalue weighted by molar-refractivity contribution is 5.74. The number of carbonyl (C=O) groups is 1. The van der Waals surface area contributed by atoms with E-state index in [4.69, 9.17) is 4.89 Å². The number of hydrogen-bond donors (Lipinski definition) is 1. The molecule has 1 saturated heterocycles. The highest BCUT2D eigenvalue weighted by Gasteiger charge is 2.44. The van der Waals surface area contributed by atoms with Gasteiger partial charge < -0.3 is 10.0 Å². The summed E-state index contributed by atoms with van der Waals surface area (Å²) in [6.07, 6.45) is 2.22. The molecule has 0 aliphatic carbocycles. The third kappa shape index (κ3) is 2.04. The molecule has 0 atom stereocenters. The van der Waals surface area contributed by atoms with E-state index < -0.39 is 5.79 Å². The molecule has 1 fully saturated rings. The molecule has 2 heterocycles. The third-order valence-corrected chi connectivity index (χ3v) is 2.35. The predicted octanol–water partition coefficient (Wildman–Crippen LogP) is -0.0193. The molecule has 0 saturated carbocycles. The molecule has 0 bridgehead atoms. The van der Waals surface area contributed by atoms with Crippen molar-refractivity contribution < 1.29 is 19.7 Å². The van der Waals surface area contributed by atoms with E-state index in [1.807, 2.05) is 4.90 Å². The summed E-state index contributed by atoms with van der Waals surface area (Å²) in [4.78, 5) is 25.4. The molecule has 0 spiro atoms. The minimum absolute atomic E-state index is 0.286. The number of nitrogens with zero attached hydrogens (tertiary/aromatic N) is 2. The minimum atomic E-state index is -1.26. The lowest BCUT2D eigenvalue weighted by Crippen LogP contribution is -2.63. The lowest BCUT2D eigenvalue weighted by Gasteiger charge is -2.44. The number of carbonyl (C=O) groups excluding carboxylic acids is 1. The zero-order valence-electron chi connectivity index (χ0n) is 8.79. The number of anilines is 1. The maximum atomic E-state index is 10.4. The average Bonchev–Trinajstić information content (AvgIpc) is 2.26. The van der Waals surface area contributed by atoms with Crippen LogP contribution in [0.3, 0.4) is 0 Å². The Balaban J connectivity index is 1.98. The van der Waals surface area contributed by atoms with Gasteiger partial charge in [-0.2, -0.15) is 4.89 Å². The fourth-order valence-corrected chi connectivity index (χ4v) is 1.57. The number of rotatable bonds is 4. The van der Waals surface area contributed by atoms with Crippen LogP contribution in [0.1, 0.15) is 10.4 Å². The van der Waals surface area contributed by atoms with Gasteiger partial charge in [0, 0.05) is 11.8 Å². The molecule has 1 aliphatic heterocycles. The Morgan fingerprint density at radius 1 is 1.56 bits per heavy atom. The molecule has 0 aromatic carbocycles. The quantitative estimate of drug-likeness (QED) is 0.335. The van der Waals surface area contributed by atoms with Crippen LogP contribution in [0.2, 0.25) is 0 Å². The van der Waals surface area contributed by atoms with E-state index in [2.05, 4.69) is 9.87 Å². The second-order valence-electron chi connectivity index (χ2n) is 3.62. The second-order valence-corrected chi connectivity index (χ2v) is 3.62. The van der Waals surface area contributed by atoms with Crippen LogP contribution in [0.15, 0.2) is 18.3 Å². The molecule has 6 nitrogen and oxygen atoms in total. The summed E-state index contributed by atoms with van der Waals surface area (Å²) in [5.74, 6) is -0.574. The van der Waals surface area contributed by atoms with Crippen molar-refractivity contribution in [3.05, 3.63) is 23.9 Å². The molecule has 0 unspecified atom stereocenters. The molecule has 6 heteroatoms. The number of aliphatic hydroxyl groups is 1. The predicted molar refractivity (Wildman–Crippen MR) is 54.9 cm³/mol. The first-order valence-corrected chi connectivity index (χ1v) is 4.77. The molecule has 1 aromatic heterocycles. The van der Waals surface area contributed by atoms with Gasteiger partial charge in [0.2, 0.25) is 5.79 Å². The molecule has 1 N–H and O–H groups in total. The van der Waals surface area contributed by atoms with Crippen LogP contribution in [0.4, 0.5) is 5.82 Å². The van der Waals surface area contributed by atoms with E-state index in [0.717, 1.165) is 6.29 Å². The molecule has 86 valence electrons. The average molecular weight is 224 g/mol. The Bertz CT molecular complexity index is 373. The molecule has 16 heavy (non-hydrogen) atoms. The van der Waals surface area contributed by atoms with E-state index in [0.29, 0.717) is 11.4 Å². The highest BCUT2D eigenvalue weighted by atomic mass is 17.2. The van der Waals surface area contributed by atoms with Gasteiger partial charge in [-0.3, -0.25) is 4.79 Å². The molecule has 0 radical (unpaired) electrons. The van der Waals surface area contributed by atoms with Crippen molar-refractivity contribution >= 4 is 12.1 Å². The summed E-state index contributed by atoms with van der Waals surface area (Å²) in [6.45, 7) is 0.572. The normalized spacial score (nSPS) is 18.0. The van der Waals surface area contributed by atoms with Crippen LogP contribution in [-0.4, -0.2) is 42.4 Å². The van der Waals surface area contributed by atoms with Gasteiger partial charge >= 0.3 is 0 Å². The largest absolute Gasteiger partial charge is 0.361 e. The summed E-state index contributed by atoms with van der Waals surface area (Å²) in [5.41, 5.74) is 0.521. The van der Waals surface area contributed by atoms with Gasteiger partial charge in [-0.15, -0.1) is 0 Å². The Morgan fingerprint density at radius 3 is 2.81 bits per heavy atom. The van der Waals surface area contributed by atoms with Crippen LogP contribution < -0.4 is 4.90 Å². The molecule has 1 aromatic rings. The maximum Gasteiger partial charge on any atom is 0.234 e. The first-order valence-electron chi connectivity index (χ1n) is 4.77. The molecule has 1 aliphatic rings. The molecule has 2 rings (SSSR count). The van der Waals surface area contributed by atoms with Crippen LogP contribution in [0.25, 0.3) is 0 Å². The van der Waals surface area contributed by atoms with Gasteiger partial charge in [0.05, 0.1) is 20.2 Å². The first-order chi connectivity index (χ1) is 7.67. The SMILES string of the molecule is COOC1(O)CN(c2ccc(C=O)cn2)C1. The Kier molecular flexibility index (Phi) is 2.86. The van der Waals surface area contributed by atoms with Crippen molar-refractivity contribution in [1.29, 1.82) is 0 Å². The minimum Gasteiger partial charge on any atom is -0.361 e. The van der Waals surface area contributed by atoms with Crippen LogP contribution in [-0.2, 0) is 9.78 Å². The summed E-state index contributed by atoms with van der Waals surface area (Å²) in [6, 6.07) is 3.39. The van der Waals surface area contributed by atoms with Crippen LogP contribution >= 0.6 is 0 Å². The summed E-state index contributed by atoms with van der Waals surface area (Å²) in [5, 5.41) is 9.67. The van der Waals surface area contributed by atoms with E-state index in [9.17, 15) is 9.90 Å². The van der Waals surface area contributed by atoms with E-state index in [1.165, 1.54) is 13.3 Å². The van der Waals surface area contributed by atoms with Gasteiger partial charge in [-0.25, -0.2) is 9.87 Å². The van der Waals surface area contributed by atoms with Crippen molar-refractivity contribution in [3.8, 4) is 0 Å². The fourth-order valence-electron chi connectivity index (χ4n) is 1.57. The third-order valence-electron chi connectivity index (χ3n) is 2.35. The van der Waals surface area contributed by atoms with E-state index >= 15 is 0 Å². The van der Waals surface area contributed by atoms with Crippen LogP contribution in [0.5, 0.6) is 0 Å². The van der Waals surface area contributed by atoms with Gasteiger partial charge in [-0.1, -0.05) is 0 Å². The lowest BCUT2D eigenvalue weighted by molar-refractivity contribution is -0.412. The van der Waals surface area contributed by atoms with Crippen molar-refractivity contribution in [1.82, 2.24) is 4.98 Å². The Hall–Kier alpha value is -1.50. The smallest absolute Gasteiger partial charge is 0.234 e. The Labute approximate surface area is 92.3 Å². The van der Waals surface area contributed by atoms with Gasteiger partial charge in [0.15, 0.2) is 6.29 Å². The van der Waals surface area contributed by atoms with E-state index in [1.54, 1.807) is 12.1 Å². The van der Waals surface area contributed by atoms with Crippen molar-refractivity contribution in [2.24, 2.45) is 0 Å². The zero-order valence-corrected chi connectivity index (χ0v) is 8.79. The standard InChI is InChI=1S/C10H12N2O4/c1-15-16-10(14)6-12(7-10)9-3-2-8(5-13)4-11-9/h2-5,14H,6-7H2,1H3. The molecule has 0 amide bonds. The van der Waals surface area contributed by atoms with Crippen molar-refractivity contribution in [3.63, 3.8) is 0 Å². The lowest BCUT2D eigenvalue weighted by atomic mass is 10.1. The van der Waals surface area contributed by atoms with E-state index in [-0.39, 0.29) is 13.1 Å². The topological polar surface area (TPSA) is 71.9 Å². The summed E-state index contributed by atoms with van der Waals surface area (Å²) < 4.78 is 0. The highest BCUT2D eigenvalue weighted by Crippen LogP contribution is 2.26. The number of aldehydes is 1. The monoisotopic (exact) mass is 224 g/mol. The number of β-amino-alcohol motifs (C(OH)–C–C–N with tert-alkyl or cyclic N) is 1. The van der Waals surface area contributed by atoms with Crippen molar-refractivity contribution in [2.75, 3.05) is 25.1 Å². The molecular formula is C10H12N2O4. The van der Waals surface area contributed by atoms with Gasteiger partial charge in [0.25, 0.3) is 0 Å². The number of pyridine rings is 1. The molecular weight excluding hydrogens is 212 g/mol. The summed E-state index contributed by atoms with van der Waals surface area (Å²) >= 11 is 0. The maximum absolute atomic E-state index is 10.4. The zero-order chi connectivity index (χ0) is 11.6. The van der Waals surface area contributed by atoms with Gasteiger partial charge in [-0.05, 0) is 12.1 Å². The Morgan fingerprint density at radius 2 is 2.31 bits per heavy atom. The van der Waals surface area contributed by atoms with Gasteiger partial charge in [0.1, 0.15) is 5.82 Å². The number of aromatic nitrogens is 1. The fraction of sp³-hybridized carbons (Fsp3) is 0.400. The number of hydrogen-bond acceptors (Lipinski definition) is 6. The second kappa shape index (κ2) is 4.17. The summed E-state index contributed by atoms with van der Waals surface area (Å²) in [7, 11) is 1.34.